The van der Waals surface area contributed by atoms with E-state index in [0.717, 1.165) is 24.8 Å². The topological polar surface area (TPSA) is 55.8 Å². The SMILES string of the molecule is CC(C)(C)OC(=O)N1CCC2(CC1)C[C@@H](O[Si](C)(C)C(C)(C)C)CC2=C=O. The molecule has 1 saturated carbocycles. The molecule has 2 aliphatic rings. The fraction of sp³-hybridized carbons (Fsp3) is 0.857. The number of piperidine rings is 1. The molecule has 2 fully saturated rings. The van der Waals surface area contributed by atoms with Crippen LogP contribution in [0, 0.1) is 5.41 Å². The second kappa shape index (κ2) is 7.38. The molecule has 0 unspecified atom stereocenters. The first-order valence-electron chi connectivity index (χ1n) is 10.1. The monoisotopic (exact) mass is 395 g/mol. The van der Waals surface area contributed by atoms with Crippen LogP contribution in [-0.2, 0) is 14.0 Å². The van der Waals surface area contributed by atoms with Crippen LogP contribution in [0.2, 0.25) is 18.1 Å². The summed E-state index contributed by atoms with van der Waals surface area (Å²) in [5.41, 5.74) is 0.207. The Morgan fingerprint density at radius 1 is 1.15 bits per heavy atom. The normalized spacial score (nSPS) is 23.5. The summed E-state index contributed by atoms with van der Waals surface area (Å²) in [6.45, 7) is 18.1. The van der Waals surface area contributed by atoms with E-state index in [0.29, 0.717) is 19.5 Å². The van der Waals surface area contributed by atoms with E-state index in [2.05, 4.69) is 39.8 Å². The Bertz CT molecular complexity index is 615. The van der Waals surface area contributed by atoms with Crippen molar-refractivity contribution in [2.45, 2.75) is 97.1 Å². The molecule has 1 saturated heterocycles. The molecule has 5 nitrogen and oxygen atoms in total. The van der Waals surface area contributed by atoms with E-state index < -0.39 is 13.9 Å². The van der Waals surface area contributed by atoms with Gasteiger partial charge in [-0.2, -0.15) is 0 Å². The van der Waals surface area contributed by atoms with Gasteiger partial charge in [0.1, 0.15) is 11.5 Å². The summed E-state index contributed by atoms with van der Waals surface area (Å²) in [5, 5.41) is 0.147. The summed E-state index contributed by atoms with van der Waals surface area (Å²) in [5.74, 6) is 2.23. The van der Waals surface area contributed by atoms with Crippen LogP contribution < -0.4 is 0 Å². The van der Waals surface area contributed by atoms with Crippen molar-refractivity contribution in [1.82, 2.24) is 4.90 Å². The van der Waals surface area contributed by atoms with E-state index in [4.69, 9.17) is 9.16 Å². The molecule has 0 radical (unpaired) electrons. The zero-order chi connectivity index (χ0) is 20.7. The van der Waals surface area contributed by atoms with Gasteiger partial charge in [0, 0.05) is 30.5 Å². The minimum atomic E-state index is -1.88. The molecule has 0 aromatic rings. The molecular formula is C21H37NO4Si. The molecule has 27 heavy (non-hydrogen) atoms. The summed E-state index contributed by atoms with van der Waals surface area (Å²) < 4.78 is 12.1. The number of ether oxygens (including phenoxy) is 1. The first kappa shape index (κ1) is 22.2. The maximum Gasteiger partial charge on any atom is 0.410 e. The molecule has 0 aromatic carbocycles. The Morgan fingerprint density at radius 2 is 1.70 bits per heavy atom. The Balaban J connectivity index is 2.04. The summed E-state index contributed by atoms with van der Waals surface area (Å²) >= 11 is 0. The van der Waals surface area contributed by atoms with Crippen LogP contribution in [-0.4, -0.2) is 50.0 Å². The number of hydrogen-bond donors (Lipinski definition) is 0. The third-order valence-corrected chi connectivity index (χ3v) is 11.0. The second-order valence-corrected chi connectivity index (χ2v) is 15.5. The van der Waals surface area contributed by atoms with Crippen molar-refractivity contribution in [3.8, 4) is 0 Å². The highest BCUT2D eigenvalue weighted by Crippen LogP contribution is 2.51. The Labute approximate surface area is 165 Å². The maximum atomic E-state index is 12.3. The van der Waals surface area contributed by atoms with Gasteiger partial charge >= 0.3 is 6.09 Å². The van der Waals surface area contributed by atoms with Crippen LogP contribution in [0.3, 0.4) is 0 Å². The molecule has 0 N–H and O–H groups in total. The van der Waals surface area contributed by atoms with Crippen LogP contribution >= 0.6 is 0 Å². The molecule has 2 rings (SSSR count). The fourth-order valence-corrected chi connectivity index (χ4v) is 5.21. The van der Waals surface area contributed by atoms with Crippen molar-refractivity contribution in [3.05, 3.63) is 5.57 Å². The van der Waals surface area contributed by atoms with Crippen molar-refractivity contribution in [3.63, 3.8) is 0 Å². The Hall–Kier alpha value is -1.10. The predicted octanol–water partition coefficient (Wildman–Crippen LogP) is 4.95. The number of rotatable bonds is 2. The molecule has 1 atom stereocenters. The van der Waals surface area contributed by atoms with Gasteiger partial charge in [0.15, 0.2) is 8.32 Å². The summed E-state index contributed by atoms with van der Waals surface area (Å²) in [4.78, 5) is 25.8. The number of carbonyl (C=O) groups is 1. The maximum absolute atomic E-state index is 12.3. The first-order valence-corrected chi connectivity index (χ1v) is 13.0. The average molecular weight is 396 g/mol. The lowest BCUT2D eigenvalue weighted by molar-refractivity contribution is 0.0126. The quantitative estimate of drug-likeness (QED) is 0.490. The van der Waals surface area contributed by atoms with Crippen LogP contribution in [0.1, 0.15) is 67.2 Å². The average Bonchev–Trinajstić information content (AvgIpc) is 2.81. The van der Waals surface area contributed by atoms with Crippen LogP contribution in [0.25, 0.3) is 0 Å². The van der Waals surface area contributed by atoms with Crippen molar-refractivity contribution in [1.29, 1.82) is 0 Å². The van der Waals surface area contributed by atoms with E-state index in [9.17, 15) is 9.59 Å². The van der Waals surface area contributed by atoms with E-state index in [1.807, 2.05) is 20.8 Å². The summed E-state index contributed by atoms with van der Waals surface area (Å²) in [6.07, 6.45) is 2.95. The van der Waals surface area contributed by atoms with Gasteiger partial charge in [-0.3, -0.25) is 0 Å². The van der Waals surface area contributed by atoms with Crippen LogP contribution in [0.4, 0.5) is 4.79 Å². The molecule has 0 bridgehead atoms. The molecule has 1 aliphatic heterocycles. The van der Waals surface area contributed by atoms with E-state index in [1.165, 1.54) is 0 Å². The number of amides is 1. The Morgan fingerprint density at radius 3 is 2.15 bits per heavy atom. The van der Waals surface area contributed by atoms with Gasteiger partial charge in [-0.05, 0) is 58.2 Å². The smallest absolute Gasteiger partial charge is 0.410 e. The molecule has 6 heteroatoms. The second-order valence-electron chi connectivity index (χ2n) is 10.7. The van der Waals surface area contributed by atoms with Gasteiger partial charge in [-0.1, -0.05) is 20.8 Å². The van der Waals surface area contributed by atoms with Gasteiger partial charge in [-0.25, -0.2) is 9.59 Å². The van der Waals surface area contributed by atoms with Gasteiger partial charge in [0.25, 0.3) is 0 Å². The highest BCUT2D eigenvalue weighted by atomic mass is 28.4. The van der Waals surface area contributed by atoms with Crippen LogP contribution in [0.5, 0.6) is 0 Å². The van der Waals surface area contributed by atoms with E-state index in [1.54, 1.807) is 4.90 Å². The van der Waals surface area contributed by atoms with Gasteiger partial charge < -0.3 is 14.1 Å². The minimum Gasteiger partial charge on any atom is -0.444 e. The standard InChI is InChI=1S/C21H37NO4Si/c1-19(2,3)25-18(24)22-11-9-21(10-12-22)14-17(13-16(21)15-23)26-27(7,8)20(4,5)6/h17H,9-14H2,1-8H3/t17-/m0/s1. The fourth-order valence-electron chi connectivity index (χ4n) is 3.85. The molecule has 1 spiro atoms. The number of carbonyl (C=O) groups excluding carboxylic acids is 2. The number of nitrogens with zero attached hydrogens (tertiary/aromatic N) is 1. The zero-order valence-electron chi connectivity index (χ0n) is 18.4. The molecule has 154 valence electrons. The van der Waals surface area contributed by atoms with Gasteiger partial charge in [0.05, 0.1) is 6.10 Å². The van der Waals surface area contributed by atoms with Crippen molar-refractivity contribution < 1.29 is 18.8 Å². The lowest BCUT2D eigenvalue weighted by Gasteiger charge is -2.41. The molecule has 0 aromatic heterocycles. The highest BCUT2D eigenvalue weighted by Gasteiger charge is 2.50. The predicted molar refractivity (Wildman–Crippen MR) is 110 cm³/mol. The van der Waals surface area contributed by atoms with Crippen molar-refractivity contribution in [2.75, 3.05) is 13.1 Å². The summed E-state index contributed by atoms with van der Waals surface area (Å²) in [7, 11) is -1.88. The third kappa shape index (κ3) is 5.04. The number of likely N-dealkylation sites (tertiary alicyclic amines) is 1. The van der Waals surface area contributed by atoms with E-state index >= 15 is 0 Å². The highest BCUT2D eigenvalue weighted by molar-refractivity contribution is 6.74. The van der Waals surface area contributed by atoms with E-state index in [-0.39, 0.29) is 22.7 Å². The van der Waals surface area contributed by atoms with Crippen molar-refractivity contribution >= 4 is 20.4 Å². The Kier molecular flexibility index (Phi) is 6.06. The van der Waals surface area contributed by atoms with Gasteiger partial charge in [-0.15, -0.1) is 0 Å². The molecule has 1 aliphatic carbocycles. The van der Waals surface area contributed by atoms with Crippen LogP contribution in [0.15, 0.2) is 5.57 Å². The van der Waals surface area contributed by atoms with Gasteiger partial charge in [0.2, 0.25) is 0 Å². The molecule has 1 amide bonds. The largest absolute Gasteiger partial charge is 0.444 e. The first-order chi connectivity index (χ1) is 12.2. The zero-order valence-corrected chi connectivity index (χ0v) is 19.4. The number of hydrogen-bond acceptors (Lipinski definition) is 4. The lowest BCUT2D eigenvalue weighted by Crippen LogP contribution is -2.46. The summed E-state index contributed by atoms with van der Waals surface area (Å²) in [6, 6.07) is 0. The lowest BCUT2D eigenvalue weighted by atomic mass is 9.74. The minimum absolute atomic E-state index is 0.0930. The molecular weight excluding hydrogens is 358 g/mol. The molecule has 1 heterocycles. The third-order valence-electron chi connectivity index (χ3n) is 6.45. The van der Waals surface area contributed by atoms with Crippen molar-refractivity contribution in [2.24, 2.45) is 5.41 Å².